The van der Waals surface area contributed by atoms with Crippen molar-refractivity contribution in [2.45, 2.75) is 0 Å². The summed E-state index contributed by atoms with van der Waals surface area (Å²) < 4.78 is 4.58. The Labute approximate surface area is 224 Å². The zero-order valence-corrected chi connectivity index (χ0v) is 21.0. The smallest absolute Gasteiger partial charge is 0.201 e. The Morgan fingerprint density at radius 2 is 1.00 bits per heavy atom. The molecule has 0 N–H and O–H groups in total. The molecular weight excluding hydrogens is 474 g/mol. The molecule has 6 aromatic carbocycles. The van der Waals surface area contributed by atoms with Gasteiger partial charge in [-0.25, -0.2) is 4.57 Å². The largest absolute Gasteiger partial charge is 0.409 e. The van der Waals surface area contributed by atoms with Crippen LogP contribution in [0.1, 0.15) is 0 Å². The first-order valence-electron chi connectivity index (χ1n) is 13.3. The van der Waals surface area contributed by atoms with Gasteiger partial charge in [-0.05, 0) is 69.4 Å². The molecule has 0 saturated carbocycles. The van der Waals surface area contributed by atoms with Gasteiger partial charge in [0.1, 0.15) is 16.7 Å². The normalized spacial score (nSPS) is 12.1. The summed E-state index contributed by atoms with van der Waals surface area (Å²) >= 11 is 0. The van der Waals surface area contributed by atoms with E-state index < -0.39 is 0 Å². The van der Waals surface area contributed by atoms with E-state index in [1.165, 1.54) is 43.8 Å². The monoisotopic (exact) mass is 496 g/mol. The number of hydrogen-bond donors (Lipinski definition) is 0. The lowest BCUT2D eigenvalue weighted by atomic mass is 9.93. The topological polar surface area (TPSA) is 21.7 Å². The van der Waals surface area contributed by atoms with Crippen molar-refractivity contribution in [2.24, 2.45) is 0 Å². The molecule has 39 heavy (non-hydrogen) atoms. The van der Waals surface area contributed by atoms with Gasteiger partial charge in [0, 0.05) is 16.2 Å². The standard InChI is InChI=1S/C36H22N3/c1-2-13-25(14-3-1)38-22-24-10-4-5-19-30(24)37-36(38)39-31-20-8-17-28-26-15-6-11-23-12-7-16-27(33(23)26)29-18-9-21-32(39)35(29)34(28)31/h1-22H/q+1. The van der Waals surface area contributed by atoms with Crippen LogP contribution in [0, 0.1) is 0 Å². The Balaban J connectivity index is 1.50. The number of benzene rings is 6. The SMILES string of the molecule is c1ccc(-[n+]2cc3ccccc3nc2-n2c3cccc4c3c3c(cccc32)-c2cccc3cccc-4c23)cc1. The zero-order valence-electron chi connectivity index (χ0n) is 21.0. The molecule has 0 fully saturated rings. The van der Waals surface area contributed by atoms with Crippen LogP contribution in [0.25, 0.3) is 77.4 Å². The Hall–Kier alpha value is -5.28. The molecular formula is C36H22N3+. The summed E-state index contributed by atoms with van der Waals surface area (Å²) in [4.78, 5) is 5.31. The minimum Gasteiger partial charge on any atom is -0.201 e. The minimum atomic E-state index is 0.876. The third-order valence-corrected chi connectivity index (χ3v) is 8.18. The predicted molar refractivity (Wildman–Crippen MR) is 160 cm³/mol. The fraction of sp³-hybridized carbons (Fsp3) is 0. The fourth-order valence-electron chi connectivity index (χ4n) is 6.56. The first-order valence-corrected chi connectivity index (χ1v) is 13.3. The quantitative estimate of drug-likeness (QED) is 0.220. The van der Waals surface area contributed by atoms with E-state index in [0.717, 1.165) is 33.6 Å². The zero-order chi connectivity index (χ0) is 25.5. The van der Waals surface area contributed by atoms with Gasteiger partial charge in [-0.2, -0.15) is 4.57 Å². The number of para-hydroxylation sites is 2. The van der Waals surface area contributed by atoms with E-state index in [0.29, 0.717) is 0 Å². The van der Waals surface area contributed by atoms with Crippen molar-refractivity contribution >= 4 is 43.5 Å². The van der Waals surface area contributed by atoms with Crippen molar-refractivity contribution in [1.29, 1.82) is 0 Å². The van der Waals surface area contributed by atoms with Gasteiger partial charge in [-0.3, -0.25) is 0 Å². The highest BCUT2D eigenvalue weighted by molar-refractivity contribution is 6.26. The van der Waals surface area contributed by atoms with Crippen molar-refractivity contribution in [3.05, 3.63) is 134 Å². The van der Waals surface area contributed by atoms with Crippen molar-refractivity contribution < 1.29 is 4.57 Å². The third kappa shape index (κ3) is 2.76. The van der Waals surface area contributed by atoms with E-state index in [-0.39, 0.29) is 0 Å². The lowest BCUT2D eigenvalue weighted by Crippen LogP contribution is -2.37. The molecule has 2 heterocycles. The van der Waals surface area contributed by atoms with Crippen LogP contribution >= 0.6 is 0 Å². The first-order chi connectivity index (χ1) is 19.4. The highest BCUT2D eigenvalue weighted by atomic mass is 15.2. The Morgan fingerprint density at radius 1 is 0.462 bits per heavy atom. The second kappa shape index (κ2) is 7.62. The van der Waals surface area contributed by atoms with Gasteiger partial charge in [0.25, 0.3) is 0 Å². The summed E-state index contributed by atoms with van der Waals surface area (Å²) in [7, 11) is 0. The lowest BCUT2D eigenvalue weighted by Gasteiger charge is -2.12. The molecule has 180 valence electrons. The van der Waals surface area contributed by atoms with E-state index in [2.05, 4.69) is 143 Å². The van der Waals surface area contributed by atoms with Crippen LogP contribution in [0.3, 0.4) is 0 Å². The summed E-state index contributed by atoms with van der Waals surface area (Å²) in [6.07, 6.45) is 2.21. The molecule has 0 atom stereocenters. The summed E-state index contributed by atoms with van der Waals surface area (Å²) in [5, 5.41) is 6.26. The second-order valence-electron chi connectivity index (χ2n) is 10.2. The van der Waals surface area contributed by atoms with Crippen LogP contribution in [-0.4, -0.2) is 9.55 Å². The molecule has 9 rings (SSSR count). The van der Waals surface area contributed by atoms with Crippen LogP contribution in [0.5, 0.6) is 0 Å². The molecule has 1 aliphatic rings. The number of fused-ring (bicyclic) bond motifs is 3. The van der Waals surface area contributed by atoms with Crippen molar-refractivity contribution in [1.82, 2.24) is 9.55 Å². The molecule has 1 aliphatic carbocycles. The van der Waals surface area contributed by atoms with Crippen molar-refractivity contribution in [2.75, 3.05) is 0 Å². The van der Waals surface area contributed by atoms with Crippen molar-refractivity contribution in [3.63, 3.8) is 0 Å². The maximum atomic E-state index is 5.31. The average Bonchev–Trinajstić information content (AvgIpc) is 3.28. The van der Waals surface area contributed by atoms with E-state index in [1.54, 1.807) is 0 Å². The molecule has 0 bridgehead atoms. The second-order valence-corrected chi connectivity index (χ2v) is 10.2. The number of hydrogen-bond acceptors (Lipinski definition) is 1. The third-order valence-electron chi connectivity index (χ3n) is 8.18. The van der Waals surface area contributed by atoms with Crippen LogP contribution in [0.15, 0.2) is 134 Å². The van der Waals surface area contributed by atoms with Gasteiger partial charge < -0.3 is 0 Å². The summed E-state index contributed by atoms with van der Waals surface area (Å²) in [5.41, 5.74) is 9.48. The molecule has 0 spiro atoms. The van der Waals surface area contributed by atoms with Gasteiger partial charge >= 0.3 is 5.95 Å². The molecule has 2 aromatic heterocycles. The number of aromatic nitrogens is 3. The molecule has 3 nitrogen and oxygen atoms in total. The first kappa shape index (κ1) is 20.7. The molecule has 0 unspecified atom stereocenters. The highest BCUT2D eigenvalue weighted by Crippen LogP contribution is 2.49. The Bertz CT molecular complexity index is 2180. The molecule has 0 amide bonds. The van der Waals surface area contributed by atoms with Crippen LogP contribution in [-0.2, 0) is 0 Å². The Morgan fingerprint density at radius 3 is 1.67 bits per heavy atom. The highest BCUT2D eigenvalue weighted by Gasteiger charge is 2.29. The molecule has 8 aromatic rings. The maximum Gasteiger partial charge on any atom is 0.409 e. The summed E-state index contributed by atoms with van der Waals surface area (Å²) in [6, 6.07) is 45.6. The molecule has 0 radical (unpaired) electrons. The average molecular weight is 497 g/mol. The Kier molecular flexibility index (Phi) is 4.05. The molecule has 3 heteroatoms. The fourth-order valence-corrected chi connectivity index (χ4v) is 6.56. The lowest BCUT2D eigenvalue weighted by molar-refractivity contribution is -0.591. The van der Waals surface area contributed by atoms with E-state index in [9.17, 15) is 0 Å². The van der Waals surface area contributed by atoms with Gasteiger partial charge in [0.15, 0.2) is 5.52 Å². The van der Waals surface area contributed by atoms with Gasteiger partial charge in [-0.15, -0.1) is 0 Å². The van der Waals surface area contributed by atoms with Gasteiger partial charge in [0.2, 0.25) is 0 Å². The summed E-state index contributed by atoms with van der Waals surface area (Å²) in [5.74, 6) is 0.876. The van der Waals surface area contributed by atoms with E-state index in [4.69, 9.17) is 4.98 Å². The van der Waals surface area contributed by atoms with E-state index >= 15 is 0 Å². The maximum absolute atomic E-state index is 5.31. The molecule has 0 aliphatic heterocycles. The molecule has 0 saturated heterocycles. The van der Waals surface area contributed by atoms with Crippen molar-refractivity contribution in [3.8, 4) is 33.9 Å². The van der Waals surface area contributed by atoms with Gasteiger partial charge in [-0.1, -0.05) is 96.0 Å². The number of nitrogens with zero attached hydrogens (tertiary/aromatic N) is 3. The predicted octanol–water partition coefficient (Wildman–Crippen LogP) is 8.41. The van der Waals surface area contributed by atoms with Crippen LogP contribution < -0.4 is 4.57 Å². The van der Waals surface area contributed by atoms with Gasteiger partial charge in [0.05, 0.1) is 6.20 Å². The summed E-state index contributed by atoms with van der Waals surface area (Å²) in [6.45, 7) is 0. The van der Waals surface area contributed by atoms with Crippen LogP contribution in [0.4, 0.5) is 0 Å². The number of rotatable bonds is 2. The van der Waals surface area contributed by atoms with E-state index in [1.807, 2.05) is 0 Å². The minimum absolute atomic E-state index is 0.876. The van der Waals surface area contributed by atoms with Crippen LogP contribution in [0.2, 0.25) is 0 Å².